The van der Waals surface area contributed by atoms with Crippen molar-refractivity contribution < 1.29 is 4.74 Å². The van der Waals surface area contributed by atoms with Crippen molar-refractivity contribution in [3.8, 4) is 0 Å². The summed E-state index contributed by atoms with van der Waals surface area (Å²) >= 11 is 12.0. The third-order valence-electron chi connectivity index (χ3n) is 2.82. The maximum absolute atomic E-state index is 6.04. The number of nitrogens with one attached hydrogen (secondary N) is 1. The SMILES string of the molecule is CCCNC(COCCC)Cc1ccc(Cl)c(Cl)c1. The van der Waals surface area contributed by atoms with E-state index in [1.807, 2.05) is 18.2 Å². The van der Waals surface area contributed by atoms with Crippen molar-refractivity contribution in [2.45, 2.75) is 39.2 Å². The zero-order valence-corrected chi connectivity index (χ0v) is 13.2. The Morgan fingerprint density at radius 1 is 1.16 bits per heavy atom. The first-order chi connectivity index (χ1) is 9.17. The third-order valence-corrected chi connectivity index (χ3v) is 3.56. The molecule has 0 fully saturated rings. The molecule has 1 rings (SSSR count). The largest absolute Gasteiger partial charge is 0.380 e. The Kier molecular flexibility index (Phi) is 8.47. The topological polar surface area (TPSA) is 21.3 Å². The fraction of sp³-hybridized carbons (Fsp3) is 0.600. The van der Waals surface area contributed by atoms with Crippen molar-refractivity contribution >= 4 is 23.2 Å². The molecule has 1 N–H and O–H groups in total. The summed E-state index contributed by atoms with van der Waals surface area (Å²) in [6.45, 7) is 6.82. The minimum absolute atomic E-state index is 0.323. The van der Waals surface area contributed by atoms with E-state index >= 15 is 0 Å². The van der Waals surface area contributed by atoms with Gasteiger partial charge in [0.25, 0.3) is 0 Å². The van der Waals surface area contributed by atoms with E-state index in [9.17, 15) is 0 Å². The molecule has 0 saturated heterocycles. The van der Waals surface area contributed by atoms with Crippen LogP contribution in [-0.4, -0.2) is 25.8 Å². The highest BCUT2D eigenvalue weighted by Gasteiger charge is 2.10. The van der Waals surface area contributed by atoms with Gasteiger partial charge in [0.2, 0.25) is 0 Å². The van der Waals surface area contributed by atoms with Crippen molar-refractivity contribution in [2.24, 2.45) is 0 Å². The summed E-state index contributed by atoms with van der Waals surface area (Å²) < 4.78 is 5.65. The Balaban J connectivity index is 2.56. The van der Waals surface area contributed by atoms with Gasteiger partial charge >= 0.3 is 0 Å². The summed E-state index contributed by atoms with van der Waals surface area (Å²) in [5.74, 6) is 0. The summed E-state index contributed by atoms with van der Waals surface area (Å²) in [5, 5.41) is 4.73. The molecular formula is C15H23Cl2NO. The van der Waals surface area contributed by atoms with Gasteiger partial charge in [-0.3, -0.25) is 0 Å². The summed E-state index contributed by atoms with van der Waals surface area (Å²) in [5.41, 5.74) is 1.18. The molecule has 0 heterocycles. The Hall–Kier alpha value is -0.280. The first-order valence-electron chi connectivity index (χ1n) is 6.92. The van der Waals surface area contributed by atoms with E-state index in [0.29, 0.717) is 16.1 Å². The molecule has 0 bridgehead atoms. The van der Waals surface area contributed by atoms with Crippen LogP contribution in [0.2, 0.25) is 10.0 Å². The predicted octanol–water partition coefficient (Wildman–Crippen LogP) is 4.33. The molecule has 1 unspecified atom stereocenters. The second-order valence-electron chi connectivity index (χ2n) is 4.68. The fourth-order valence-electron chi connectivity index (χ4n) is 1.86. The maximum atomic E-state index is 6.04. The van der Waals surface area contributed by atoms with Gasteiger partial charge in [-0.2, -0.15) is 0 Å². The fourth-order valence-corrected chi connectivity index (χ4v) is 2.18. The summed E-state index contributed by atoms with van der Waals surface area (Å²) in [4.78, 5) is 0. The summed E-state index contributed by atoms with van der Waals surface area (Å²) in [6.07, 6.45) is 3.07. The second kappa shape index (κ2) is 9.60. The van der Waals surface area contributed by atoms with E-state index in [2.05, 4.69) is 19.2 Å². The quantitative estimate of drug-likeness (QED) is 0.686. The average molecular weight is 304 g/mol. The van der Waals surface area contributed by atoms with Gasteiger partial charge < -0.3 is 10.1 Å². The summed E-state index contributed by atoms with van der Waals surface area (Å²) in [7, 11) is 0. The molecule has 1 aromatic rings. The highest BCUT2D eigenvalue weighted by atomic mass is 35.5. The number of hydrogen-bond acceptors (Lipinski definition) is 2. The minimum atomic E-state index is 0.323. The van der Waals surface area contributed by atoms with Gasteiger partial charge in [0.15, 0.2) is 0 Å². The van der Waals surface area contributed by atoms with Gasteiger partial charge in [-0.25, -0.2) is 0 Å². The van der Waals surface area contributed by atoms with Crippen molar-refractivity contribution in [2.75, 3.05) is 19.8 Å². The van der Waals surface area contributed by atoms with Gasteiger partial charge in [0.1, 0.15) is 0 Å². The standard InChI is InChI=1S/C15H23Cl2NO/c1-3-7-18-13(11-19-8-4-2)9-12-5-6-14(16)15(17)10-12/h5-6,10,13,18H,3-4,7-9,11H2,1-2H3. The second-order valence-corrected chi connectivity index (χ2v) is 5.49. The van der Waals surface area contributed by atoms with Crippen molar-refractivity contribution in [3.63, 3.8) is 0 Å². The van der Waals surface area contributed by atoms with Crippen LogP contribution in [-0.2, 0) is 11.2 Å². The molecule has 0 spiro atoms. The first-order valence-corrected chi connectivity index (χ1v) is 7.68. The average Bonchev–Trinajstić information content (AvgIpc) is 2.40. The first kappa shape index (κ1) is 16.8. The van der Waals surface area contributed by atoms with E-state index < -0.39 is 0 Å². The van der Waals surface area contributed by atoms with Crippen molar-refractivity contribution in [1.82, 2.24) is 5.32 Å². The van der Waals surface area contributed by atoms with Gasteiger partial charge in [-0.1, -0.05) is 43.1 Å². The minimum Gasteiger partial charge on any atom is -0.380 e. The summed E-state index contributed by atoms with van der Waals surface area (Å²) in [6, 6.07) is 6.13. The molecule has 0 radical (unpaired) electrons. The molecule has 0 aliphatic rings. The van der Waals surface area contributed by atoms with E-state index in [-0.39, 0.29) is 0 Å². The highest BCUT2D eigenvalue weighted by molar-refractivity contribution is 6.42. The lowest BCUT2D eigenvalue weighted by Gasteiger charge is -2.19. The highest BCUT2D eigenvalue weighted by Crippen LogP contribution is 2.23. The number of benzene rings is 1. The van der Waals surface area contributed by atoms with Gasteiger partial charge in [0.05, 0.1) is 16.7 Å². The lowest BCUT2D eigenvalue weighted by atomic mass is 10.1. The van der Waals surface area contributed by atoms with Gasteiger partial charge in [-0.05, 0) is 43.5 Å². The lowest BCUT2D eigenvalue weighted by molar-refractivity contribution is 0.112. The molecule has 19 heavy (non-hydrogen) atoms. The normalized spacial score (nSPS) is 12.6. The van der Waals surface area contributed by atoms with Crippen LogP contribution in [0.3, 0.4) is 0 Å². The molecule has 2 nitrogen and oxygen atoms in total. The molecule has 4 heteroatoms. The van der Waals surface area contributed by atoms with Crippen molar-refractivity contribution in [3.05, 3.63) is 33.8 Å². The molecule has 1 atom stereocenters. The van der Waals surface area contributed by atoms with E-state index in [1.54, 1.807) is 0 Å². The van der Waals surface area contributed by atoms with Gasteiger partial charge in [-0.15, -0.1) is 0 Å². The molecule has 0 aliphatic heterocycles. The maximum Gasteiger partial charge on any atom is 0.0622 e. The van der Waals surface area contributed by atoms with Crippen LogP contribution in [0.5, 0.6) is 0 Å². The van der Waals surface area contributed by atoms with Gasteiger partial charge in [0, 0.05) is 12.6 Å². The van der Waals surface area contributed by atoms with Crippen LogP contribution in [0.15, 0.2) is 18.2 Å². The van der Waals surface area contributed by atoms with E-state index in [4.69, 9.17) is 27.9 Å². The molecule has 0 saturated carbocycles. The van der Waals surface area contributed by atoms with Crippen LogP contribution in [0.4, 0.5) is 0 Å². The predicted molar refractivity (Wildman–Crippen MR) is 83.4 cm³/mol. The number of halogens is 2. The Bertz CT molecular complexity index is 371. The third kappa shape index (κ3) is 6.62. The zero-order valence-electron chi connectivity index (χ0n) is 11.7. The van der Waals surface area contributed by atoms with E-state index in [0.717, 1.165) is 39.0 Å². The molecule has 108 valence electrons. The number of hydrogen-bond donors (Lipinski definition) is 1. The van der Waals surface area contributed by atoms with Crippen LogP contribution in [0.1, 0.15) is 32.3 Å². The number of rotatable bonds is 9. The lowest BCUT2D eigenvalue weighted by Crippen LogP contribution is -2.36. The molecular weight excluding hydrogens is 281 g/mol. The molecule has 0 aromatic heterocycles. The van der Waals surface area contributed by atoms with Crippen LogP contribution in [0, 0.1) is 0 Å². The van der Waals surface area contributed by atoms with E-state index in [1.165, 1.54) is 5.56 Å². The van der Waals surface area contributed by atoms with Crippen LogP contribution in [0.25, 0.3) is 0 Å². The molecule has 0 aliphatic carbocycles. The Morgan fingerprint density at radius 3 is 2.58 bits per heavy atom. The Labute approximate surface area is 126 Å². The van der Waals surface area contributed by atoms with Crippen LogP contribution >= 0.6 is 23.2 Å². The smallest absolute Gasteiger partial charge is 0.0622 e. The molecule has 0 amide bonds. The number of ether oxygens (including phenoxy) is 1. The molecule has 1 aromatic carbocycles. The van der Waals surface area contributed by atoms with Crippen LogP contribution < -0.4 is 5.32 Å². The Morgan fingerprint density at radius 2 is 1.95 bits per heavy atom. The monoisotopic (exact) mass is 303 g/mol. The van der Waals surface area contributed by atoms with Crippen molar-refractivity contribution in [1.29, 1.82) is 0 Å². The zero-order chi connectivity index (χ0) is 14.1.